The van der Waals surface area contributed by atoms with Crippen molar-refractivity contribution in [1.29, 1.82) is 0 Å². The summed E-state index contributed by atoms with van der Waals surface area (Å²) in [7, 11) is -6.59. The van der Waals surface area contributed by atoms with Gasteiger partial charge >= 0.3 is 17.6 Å². The molecular weight excluding hydrogens is 1490 g/mol. The van der Waals surface area contributed by atoms with Gasteiger partial charge in [-0.3, -0.25) is 29.0 Å². The molecule has 4 amide bonds. The van der Waals surface area contributed by atoms with Gasteiger partial charge in [0.25, 0.3) is 23.6 Å². The molecule has 2 heterocycles. The lowest BCUT2D eigenvalue weighted by molar-refractivity contribution is 0.0572. The number of nitrogens with zero attached hydrogens (tertiary/aromatic N) is 2. The van der Waals surface area contributed by atoms with Gasteiger partial charge in [0.15, 0.2) is 0 Å². The van der Waals surface area contributed by atoms with E-state index in [0.29, 0.717) is 131 Å². The highest BCUT2D eigenvalue weighted by Gasteiger charge is 2.46. The zero-order chi connectivity index (χ0) is 84.8. The molecule has 0 saturated carbocycles. The highest BCUT2D eigenvalue weighted by Crippen LogP contribution is 2.59. The second kappa shape index (κ2) is 34.0. The molecule has 2 aliphatic heterocycles. The summed E-state index contributed by atoms with van der Waals surface area (Å²) in [6.45, 7) is 58.6. The van der Waals surface area contributed by atoms with E-state index < -0.39 is 41.2 Å². The summed E-state index contributed by atoms with van der Waals surface area (Å²) in [6.07, 6.45) is 4.21. The van der Waals surface area contributed by atoms with Gasteiger partial charge < -0.3 is 45.5 Å². The number of rotatable bonds is 36. The number of fused-ring (bicyclic) bond motifs is 2. The van der Waals surface area contributed by atoms with E-state index in [1.54, 1.807) is 24.3 Å². The average Bonchev–Trinajstić information content (AvgIpc) is 0.671. The molecule has 9 aromatic rings. The summed E-state index contributed by atoms with van der Waals surface area (Å²) >= 11 is 0. The van der Waals surface area contributed by atoms with E-state index in [1.807, 2.05) is 90.1 Å². The third kappa shape index (κ3) is 19.3. The van der Waals surface area contributed by atoms with Crippen LogP contribution < -0.4 is 18.9 Å². The lowest BCUT2D eigenvalue weighted by Crippen LogP contribution is -2.47. The fourth-order valence-electron chi connectivity index (χ4n) is 19.4. The van der Waals surface area contributed by atoms with Crippen molar-refractivity contribution in [2.75, 3.05) is 52.7 Å². The van der Waals surface area contributed by atoms with Crippen molar-refractivity contribution < 1.29 is 64.7 Å². The monoisotopic (exact) mass is 1610 g/mol. The first kappa shape index (κ1) is 88.8. The van der Waals surface area contributed by atoms with Crippen molar-refractivity contribution in [2.24, 2.45) is 21.7 Å². The van der Waals surface area contributed by atoms with Crippen LogP contribution in [0.5, 0.6) is 46.0 Å². The Morgan fingerprint density at radius 2 is 0.457 bits per heavy atom. The van der Waals surface area contributed by atoms with Crippen molar-refractivity contribution in [3.05, 3.63) is 166 Å². The molecule has 9 aromatic carbocycles. The Balaban J connectivity index is 1.30. The van der Waals surface area contributed by atoms with E-state index in [2.05, 4.69) is 187 Å². The van der Waals surface area contributed by atoms with Crippen molar-refractivity contribution in [3.63, 3.8) is 0 Å². The van der Waals surface area contributed by atoms with Crippen LogP contribution in [-0.2, 0) is 48.2 Å². The lowest BCUT2D eigenvalue weighted by Gasteiger charge is -2.34. The van der Waals surface area contributed by atoms with Gasteiger partial charge in [-0.15, -0.1) is 0 Å². The first-order valence-electron chi connectivity index (χ1n) is 42.3. The van der Waals surface area contributed by atoms with Crippen LogP contribution in [-0.4, -0.2) is 104 Å². The number of benzene rings is 9. The van der Waals surface area contributed by atoms with Gasteiger partial charge in [0.1, 0.15) is 46.0 Å². The standard InChI is InChI=1S/C98H130N2O14Si2/c1-27-105-115(106-28-2,107-29-3)53-33-51-99-87(101)71-55-75(111-67-43-35-63(36-44-67)95(19,20)59-91(7,8)9)81-83-77(113-69-47-39-65(40-48-69)97(23,24)61-93(13,14)15)57-73-80-74(90(104)100(89(73)103)52-34-54-116(108-30-4,109-31-5)110-32-6)58-78(114-70-49-41-66(42-50-70)98(25,26)62-94(16,17)18)84(86(80)83)82-76(56-72(88(99)102)79(71)85(81)82)112-68-45-37-64(38-46-68)96(21,22)60-92(10,11)12/h35-50,55-58H,27-34,51-54,59-62H2,1-26H3. The highest BCUT2D eigenvalue weighted by molar-refractivity contribution is 6.61. The lowest BCUT2D eigenvalue weighted by atomic mass is 9.72. The Bertz CT molecular complexity index is 4430. The normalized spacial score (nSPS) is 14.4. The maximum atomic E-state index is 16.4. The Labute approximate surface area is 693 Å². The molecule has 0 spiro atoms. The van der Waals surface area contributed by atoms with E-state index in [9.17, 15) is 0 Å². The maximum absolute atomic E-state index is 16.4. The van der Waals surface area contributed by atoms with Crippen LogP contribution in [0.15, 0.2) is 121 Å². The summed E-state index contributed by atoms with van der Waals surface area (Å²) < 4.78 is 68.3. The summed E-state index contributed by atoms with van der Waals surface area (Å²) in [6, 6.07) is 40.2. The Morgan fingerprint density at radius 3 is 0.629 bits per heavy atom. The van der Waals surface area contributed by atoms with Crippen LogP contribution in [0.4, 0.5) is 0 Å². The molecule has 2 aliphatic rings. The van der Waals surface area contributed by atoms with Gasteiger partial charge in [-0.1, -0.05) is 187 Å². The van der Waals surface area contributed by atoms with Gasteiger partial charge in [-0.05, 0) is 218 Å². The maximum Gasteiger partial charge on any atom is 0.500 e. The van der Waals surface area contributed by atoms with Crippen LogP contribution in [0, 0.1) is 21.7 Å². The molecule has 0 unspecified atom stereocenters. The van der Waals surface area contributed by atoms with Crippen LogP contribution in [0.2, 0.25) is 12.1 Å². The van der Waals surface area contributed by atoms with Crippen molar-refractivity contribution in [3.8, 4) is 46.0 Å². The Morgan fingerprint density at radius 1 is 0.267 bits per heavy atom. The zero-order valence-electron chi connectivity index (χ0n) is 74.5. The van der Waals surface area contributed by atoms with Gasteiger partial charge in [-0.25, -0.2) is 0 Å². The van der Waals surface area contributed by atoms with E-state index in [4.69, 9.17) is 45.5 Å². The van der Waals surface area contributed by atoms with Crippen molar-refractivity contribution in [2.45, 2.75) is 252 Å². The molecule has 0 N–H and O–H groups in total. The minimum atomic E-state index is -3.29. The molecule has 11 rings (SSSR count). The molecule has 624 valence electrons. The predicted molar refractivity (Wildman–Crippen MR) is 473 cm³/mol. The molecule has 0 saturated heterocycles. The molecule has 18 heteroatoms. The molecule has 0 aliphatic carbocycles. The SMILES string of the molecule is CCO[Si](CCCN1C(=O)c2cc(Oc3ccc(C(C)(C)CC(C)(C)C)cc3)c3c4c(Oc5ccc(C(C)(C)CC(C)(C)C)cc5)cc5c6c(cc(Oc7ccc(C(C)(C)CC(C)(C)C)cc7)c(c7c(Oc8ccc(C(C)(C)CC(C)(C)C)cc8)cc(c2c37)C1=O)c64)C(=O)N(CCC[Si](OCC)(OCC)OCC)C5=O)(OCC)OCC. The number of imide groups is 2. The molecule has 116 heavy (non-hydrogen) atoms. The minimum absolute atomic E-state index is 0.0104. The molecule has 0 atom stereocenters. The van der Waals surface area contributed by atoms with Crippen LogP contribution >= 0.6 is 0 Å². The van der Waals surface area contributed by atoms with E-state index in [0.717, 1.165) is 47.9 Å². The number of ether oxygens (including phenoxy) is 4. The second-order valence-electron chi connectivity index (χ2n) is 39.4. The van der Waals surface area contributed by atoms with Gasteiger partial charge in [-0.2, -0.15) is 0 Å². The summed E-state index contributed by atoms with van der Waals surface area (Å²) in [5, 5.41) is 3.24. The van der Waals surface area contributed by atoms with Crippen molar-refractivity contribution in [1.82, 2.24) is 9.80 Å². The van der Waals surface area contributed by atoms with E-state index in [-0.39, 0.29) is 102 Å². The average molecular weight is 1620 g/mol. The largest absolute Gasteiger partial charge is 0.500 e. The van der Waals surface area contributed by atoms with Gasteiger partial charge in [0, 0.05) is 108 Å². The molecule has 16 nitrogen and oxygen atoms in total. The van der Waals surface area contributed by atoms with Crippen LogP contribution in [0.1, 0.15) is 282 Å². The van der Waals surface area contributed by atoms with Crippen LogP contribution in [0.25, 0.3) is 43.1 Å². The third-order valence-corrected chi connectivity index (χ3v) is 28.6. The predicted octanol–water partition coefficient (Wildman–Crippen LogP) is 25.8. The van der Waals surface area contributed by atoms with Crippen molar-refractivity contribution >= 4 is 84.3 Å². The molecule has 0 aromatic heterocycles. The topological polar surface area (TPSA) is 167 Å². The Kier molecular flexibility index (Phi) is 26.0. The summed E-state index contributed by atoms with van der Waals surface area (Å²) in [4.78, 5) is 68.1. The fraction of sp³-hybridized carbons (Fsp3) is 0.510. The molecule has 0 fully saturated rings. The van der Waals surface area contributed by atoms with E-state index in [1.165, 1.54) is 9.80 Å². The first-order valence-corrected chi connectivity index (χ1v) is 46.2. The van der Waals surface area contributed by atoms with E-state index >= 15 is 19.2 Å². The summed E-state index contributed by atoms with van der Waals surface area (Å²) in [5.74, 6) is 0.576. The Hall–Kier alpha value is -8.05. The smallest absolute Gasteiger partial charge is 0.457 e. The third-order valence-electron chi connectivity index (χ3n) is 22.3. The minimum Gasteiger partial charge on any atom is -0.457 e. The van der Waals surface area contributed by atoms with Gasteiger partial charge in [0.05, 0.1) is 22.3 Å². The van der Waals surface area contributed by atoms with Gasteiger partial charge in [0.2, 0.25) is 0 Å². The highest BCUT2D eigenvalue weighted by atomic mass is 28.4. The zero-order valence-corrected chi connectivity index (χ0v) is 76.5. The fourth-order valence-corrected chi connectivity index (χ4v) is 24.5. The molecule has 0 radical (unpaired) electrons. The number of carbonyl (C=O) groups excluding carboxylic acids is 4. The molecular formula is C98H130N2O14Si2. The second-order valence-corrected chi connectivity index (χ2v) is 44.8. The quantitative estimate of drug-likeness (QED) is 0.0157. The number of hydrogen-bond donors (Lipinski definition) is 0. The van der Waals surface area contributed by atoms with Crippen LogP contribution in [0.3, 0.4) is 0 Å². The molecule has 0 bridgehead atoms. The first-order chi connectivity index (χ1) is 54.2. The number of hydrogen-bond acceptors (Lipinski definition) is 14. The summed E-state index contributed by atoms with van der Waals surface area (Å²) in [5.41, 5.74) is 4.37. The number of amides is 4. The number of carbonyl (C=O) groups is 4.